The van der Waals surface area contributed by atoms with Gasteiger partial charge in [0.2, 0.25) is 0 Å². The molecule has 5 nitrogen and oxygen atoms in total. The zero-order valence-corrected chi connectivity index (χ0v) is 15.0. The molecule has 0 bridgehead atoms. The molecule has 0 heterocycles. The minimum atomic E-state index is -0.549. The molecule has 0 aliphatic rings. The topological polar surface area (TPSA) is 64.6 Å². The van der Waals surface area contributed by atoms with Crippen molar-refractivity contribution >= 4 is 18.1 Å². The molecule has 0 saturated heterocycles. The number of carbonyl (C=O) groups excluding carboxylic acids is 2. The van der Waals surface area contributed by atoms with Crippen LogP contribution in [0.2, 0.25) is 0 Å². The third-order valence-corrected chi connectivity index (χ3v) is 3.36. The molecule has 0 aromatic heterocycles. The molecule has 2 aromatic carbocycles. The molecule has 132 valence electrons. The van der Waals surface area contributed by atoms with Crippen LogP contribution in [0.5, 0.6) is 5.75 Å². The molecule has 2 aromatic rings. The molecular formula is C20H23NO4. The largest absolute Gasteiger partial charge is 0.489 e. The van der Waals surface area contributed by atoms with Crippen molar-refractivity contribution < 1.29 is 19.1 Å². The first-order chi connectivity index (χ1) is 11.8. The van der Waals surface area contributed by atoms with Gasteiger partial charge in [0.25, 0.3) is 0 Å². The maximum absolute atomic E-state index is 11.8. The maximum atomic E-state index is 11.8. The number of aldehydes is 1. The van der Waals surface area contributed by atoms with Gasteiger partial charge in [0.15, 0.2) is 0 Å². The molecule has 0 fully saturated rings. The van der Waals surface area contributed by atoms with E-state index >= 15 is 0 Å². The van der Waals surface area contributed by atoms with Gasteiger partial charge in [0, 0.05) is 11.3 Å². The smallest absolute Gasteiger partial charge is 0.412 e. The van der Waals surface area contributed by atoms with E-state index in [0.717, 1.165) is 17.4 Å². The average Bonchev–Trinajstić information content (AvgIpc) is 2.52. The Morgan fingerprint density at radius 1 is 1.16 bits per heavy atom. The number of carbonyl (C=O) groups is 2. The van der Waals surface area contributed by atoms with E-state index in [1.54, 1.807) is 12.1 Å². The number of aryl methyl sites for hydroxylation is 1. The molecule has 0 aliphatic carbocycles. The highest BCUT2D eigenvalue weighted by Gasteiger charge is 2.16. The number of hydrogen-bond donors (Lipinski definition) is 1. The monoisotopic (exact) mass is 341 g/mol. The van der Waals surface area contributed by atoms with Crippen LogP contribution in [0.3, 0.4) is 0 Å². The van der Waals surface area contributed by atoms with E-state index in [-0.39, 0.29) is 0 Å². The van der Waals surface area contributed by atoms with Crippen molar-refractivity contribution in [2.45, 2.75) is 39.9 Å². The predicted octanol–water partition coefficient (Wildman–Crippen LogP) is 4.73. The van der Waals surface area contributed by atoms with Crippen molar-refractivity contribution in [2.75, 3.05) is 5.32 Å². The normalized spacial score (nSPS) is 10.9. The Hall–Kier alpha value is -2.82. The lowest BCUT2D eigenvalue weighted by atomic mass is 10.1. The first-order valence-electron chi connectivity index (χ1n) is 8.04. The average molecular weight is 341 g/mol. The number of amides is 1. The van der Waals surface area contributed by atoms with Crippen molar-refractivity contribution in [1.82, 2.24) is 0 Å². The molecule has 1 N–H and O–H groups in total. The standard InChI is InChI=1S/C20H23NO4/c1-14-8-9-18(11-16(14)12-22)24-13-15-6-5-7-17(10-15)21-19(23)25-20(2,3)4/h5-12H,13H2,1-4H3,(H,21,23). The SMILES string of the molecule is Cc1ccc(OCc2cccc(NC(=O)OC(C)(C)C)c2)cc1C=O. The van der Waals surface area contributed by atoms with E-state index in [4.69, 9.17) is 9.47 Å². The van der Waals surface area contributed by atoms with E-state index in [1.165, 1.54) is 0 Å². The van der Waals surface area contributed by atoms with Crippen molar-refractivity contribution in [3.05, 3.63) is 59.2 Å². The summed E-state index contributed by atoms with van der Waals surface area (Å²) in [6.45, 7) is 7.63. The molecule has 0 aliphatic heterocycles. The Morgan fingerprint density at radius 2 is 1.92 bits per heavy atom. The summed E-state index contributed by atoms with van der Waals surface area (Å²) in [5.74, 6) is 0.623. The van der Waals surface area contributed by atoms with Crippen LogP contribution < -0.4 is 10.1 Å². The lowest BCUT2D eigenvalue weighted by Crippen LogP contribution is -2.27. The molecule has 0 atom stereocenters. The molecule has 5 heteroatoms. The highest BCUT2D eigenvalue weighted by molar-refractivity contribution is 5.84. The van der Waals surface area contributed by atoms with Crippen LogP contribution >= 0.6 is 0 Å². The zero-order chi connectivity index (χ0) is 18.4. The highest BCUT2D eigenvalue weighted by Crippen LogP contribution is 2.19. The summed E-state index contributed by atoms with van der Waals surface area (Å²) in [6, 6.07) is 12.7. The van der Waals surface area contributed by atoms with E-state index < -0.39 is 11.7 Å². The summed E-state index contributed by atoms with van der Waals surface area (Å²) in [5.41, 5.74) is 2.49. The highest BCUT2D eigenvalue weighted by atomic mass is 16.6. The minimum Gasteiger partial charge on any atom is -0.489 e. The van der Waals surface area contributed by atoms with E-state index in [0.29, 0.717) is 23.6 Å². The van der Waals surface area contributed by atoms with Crippen LogP contribution in [-0.2, 0) is 11.3 Å². The van der Waals surface area contributed by atoms with Crippen LogP contribution in [0.25, 0.3) is 0 Å². The van der Waals surface area contributed by atoms with Crippen molar-refractivity contribution in [2.24, 2.45) is 0 Å². The minimum absolute atomic E-state index is 0.325. The molecular weight excluding hydrogens is 318 g/mol. The molecule has 25 heavy (non-hydrogen) atoms. The van der Waals surface area contributed by atoms with Crippen LogP contribution in [0.15, 0.2) is 42.5 Å². The number of anilines is 1. The van der Waals surface area contributed by atoms with Crippen molar-refractivity contribution in [3.63, 3.8) is 0 Å². The van der Waals surface area contributed by atoms with Crippen LogP contribution in [0.1, 0.15) is 42.3 Å². The van der Waals surface area contributed by atoms with Crippen LogP contribution in [0.4, 0.5) is 10.5 Å². The Balaban J connectivity index is 1.99. The Morgan fingerprint density at radius 3 is 2.60 bits per heavy atom. The summed E-state index contributed by atoms with van der Waals surface area (Å²) < 4.78 is 11.0. The molecule has 1 amide bonds. The maximum Gasteiger partial charge on any atom is 0.412 e. The summed E-state index contributed by atoms with van der Waals surface area (Å²) >= 11 is 0. The first-order valence-corrected chi connectivity index (χ1v) is 8.04. The summed E-state index contributed by atoms with van der Waals surface area (Å²) in [4.78, 5) is 22.8. The summed E-state index contributed by atoms with van der Waals surface area (Å²) in [7, 11) is 0. The number of hydrogen-bond acceptors (Lipinski definition) is 4. The summed E-state index contributed by atoms with van der Waals surface area (Å²) in [5, 5.41) is 2.70. The van der Waals surface area contributed by atoms with Gasteiger partial charge in [-0.3, -0.25) is 10.1 Å². The molecule has 0 unspecified atom stereocenters. The molecule has 2 rings (SSSR count). The first kappa shape index (κ1) is 18.5. The van der Waals surface area contributed by atoms with E-state index in [9.17, 15) is 9.59 Å². The number of rotatable bonds is 5. The van der Waals surface area contributed by atoms with Gasteiger partial charge in [-0.15, -0.1) is 0 Å². The fourth-order valence-electron chi connectivity index (χ4n) is 2.16. The van der Waals surface area contributed by atoms with Crippen molar-refractivity contribution in [3.8, 4) is 5.75 Å². The van der Waals surface area contributed by atoms with Crippen molar-refractivity contribution in [1.29, 1.82) is 0 Å². The fourth-order valence-corrected chi connectivity index (χ4v) is 2.16. The molecule has 0 saturated carbocycles. The Bertz CT molecular complexity index is 763. The fraction of sp³-hybridized carbons (Fsp3) is 0.300. The number of benzene rings is 2. The molecule has 0 radical (unpaired) electrons. The number of ether oxygens (including phenoxy) is 2. The van der Waals surface area contributed by atoms with Gasteiger partial charge in [0.1, 0.15) is 24.2 Å². The van der Waals surface area contributed by atoms with Crippen LogP contribution in [-0.4, -0.2) is 18.0 Å². The second-order valence-corrected chi connectivity index (χ2v) is 6.75. The third kappa shape index (κ3) is 5.95. The lowest BCUT2D eigenvalue weighted by molar-refractivity contribution is 0.0636. The van der Waals surface area contributed by atoms with E-state index in [2.05, 4.69) is 5.32 Å². The number of nitrogens with one attached hydrogen (secondary N) is 1. The Labute approximate surface area is 148 Å². The third-order valence-electron chi connectivity index (χ3n) is 3.36. The van der Waals surface area contributed by atoms with Gasteiger partial charge >= 0.3 is 6.09 Å². The van der Waals surface area contributed by atoms with Gasteiger partial charge < -0.3 is 9.47 Å². The van der Waals surface area contributed by atoms with Gasteiger partial charge in [0.05, 0.1) is 0 Å². The Kier molecular flexibility index (Phi) is 5.80. The van der Waals surface area contributed by atoms with Gasteiger partial charge in [-0.25, -0.2) is 4.79 Å². The predicted molar refractivity (Wildman–Crippen MR) is 97.2 cm³/mol. The van der Waals surface area contributed by atoms with Gasteiger partial charge in [-0.1, -0.05) is 18.2 Å². The van der Waals surface area contributed by atoms with Gasteiger partial charge in [-0.2, -0.15) is 0 Å². The van der Waals surface area contributed by atoms with E-state index in [1.807, 2.05) is 58.0 Å². The second kappa shape index (κ2) is 7.83. The lowest BCUT2D eigenvalue weighted by Gasteiger charge is -2.19. The second-order valence-electron chi connectivity index (χ2n) is 6.75. The molecule has 0 spiro atoms. The van der Waals surface area contributed by atoms with Crippen LogP contribution in [0, 0.1) is 6.92 Å². The van der Waals surface area contributed by atoms with Gasteiger partial charge in [-0.05, 0) is 63.1 Å². The summed E-state index contributed by atoms with van der Waals surface area (Å²) in [6.07, 6.45) is 0.313. The quantitative estimate of drug-likeness (QED) is 0.798. The zero-order valence-electron chi connectivity index (χ0n) is 15.0.